The van der Waals surface area contributed by atoms with Gasteiger partial charge in [0.15, 0.2) is 0 Å². The summed E-state index contributed by atoms with van der Waals surface area (Å²) in [5.41, 5.74) is -0.723. The number of benzene rings is 1. The van der Waals surface area contributed by atoms with Crippen molar-refractivity contribution in [2.24, 2.45) is 0 Å². The first-order chi connectivity index (χ1) is 7.57. The summed E-state index contributed by atoms with van der Waals surface area (Å²) in [5.74, 6) is 0.106. The maximum atomic E-state index is 13.1. The van der Waals surface area contributed by atoms with Crippen LogP contribution < -0.4 is 4.74 Å². The quantitative estimate of drug-likeness (QED) is 0.925. The first-order valence-electron chi connectivity index (χ1n) is 5.39. The molecule has 1 saturated carbocycles. The summed E-state index contributed by atoms with van der Waals surface area (Å²) in [6.45, 7) is 0.239. The van der Waals surface area contributed by atoms with E-state index >= 15 is 0 Å². The minimum atomic E-state index is -0.723. The van der Waals surface area contributed by atoms with Crippen molar-refractivity contribution in [3.63, 3.8) is 0 Å². The van der Waals surface area contributed by atoms with Gasteiger partial charge in [0.2, 0.25) is 0 Å². The molecule has 0 bridgehead atoms. The smallest absolute Gasteiger partial charge is 0.128 e. The Labute approximate surface area is 103 Å². The number of aliphatic hydroxyl groups is 1. The normalized spacial score (nSPS) is 18.7. The van der Waals surface area contributed by atoms with Gasteiger partial charge in [-0.1, -0.05) is 28.8 Å². The van der Waals surface area contributed by atoms with Gasteiger partial charge in [0, 0.05) is 10.5 Å². The van der Waals surface area contributed by atoms with Crippen LogP contribution in [0.5, 0.6) is 5.75 Å². The molecule has 88 valence electrons. The van der Waals surface area contributed by atoms with Crippen LogP contribution >= 0.6 is 15.9 Å². The summed E-state index contributed by atoms with van der Waals surface area (Å²) in [5, 5.41) is 10.1. The second-order valence-electron chi connectivity index (χ2n) is 4.33. The zero-order valence-corrected chi connectivity index (χ0v) is 10.5. The molecule has 0 aromatic heterocycles. The largest absolute Gasteiger partial charge is 0.490 e. The minimum Gasteiger partial charge on any atom is -0.490 e. The third-order valence-electron chi connectivity index (χ3n) is 2.88. The molecule has 1 aromatic carbocycles. The second kappa shape index (κ2) is 4.72. The van der Waals surface area contributed by atoms with Crippen LogP contribution in [0.3, 0.4) is 0 Å². The maximum Gasteiger partial charge on any atom is 0.128 e. The van der Waals surface area contributed by atoms with Gasteiger partial charge >= 0.3 is 0 Å². The molecule has 2 rings (SSSR count). The number of hydrogen-bond acceptors (Lipinski definition) is 2. The van der Waals surface area contributed by atoms with E-state index in [9.17, 15) is 9.50 Å². The maximum absolute atomic E-state index is 13.1. The van der Waals surface area contributed by atoms with E-state index in [1.54, 1.807) is 6.07 Å². The molecule has 0 amide bonds. The lowest BCUT2D eigenvalue weighted by atomic mass is 10.0. The number of halogens is 2. The Morgan fingerprint density at radius 2 is 2.00 bits per heavy atom. The fourth-order valence-corrected chi connectivity index (χ4v) is 2.45. The van der Waals surface area contributed by atoms with Gasteiger partial charge in [-0.2, -0.15) is 0 Å². The lowest BCUT2D eigenvalue weighted by Gasteiger charge is -2.22. The zero-order valence-electron chi connectivity index (χ0n) is 8.88. The van der Waals surface area contributed by atoms with Crippen molar-refractivity contribution in [2.45, 2.75) is 31.3 Å². The molecule has 0 spiro atoms. The summed E-state index contributed by atoms with van der Waals surface area (Å²) in [6.07, 6.45) is 3.60. The number of ether oxygens (including phenoxy) is 1. The highest BCUT2D eigenvalue weighted by Crippen LogP contribution is 2.30. The van der Waals surface area contributed by atoms with Crippen molar-refractivity contribution in [1.29, 1.82) is 0 Å². The average molecular weight is 289 g/mol. The third-order valence-corrected chi connectivity index (χ3v) is 3.34. The minimum absolute atomic E-state index is 0.239. The van der Waals surface area contributed by atoms with Crippen LogP contribution in [0.4, 0.5) is 4.39 Å². The summed E-state index contributed by atoms with van der Waals surface area (Å²) in [4.78, 5) is 0. The van der Waals surface area contributed by atoms with Crippen molar-refractivity contribution in [2.75, 3.05) is 6.61 Å². The second-order valence-corrected chi connectivity index (χ2v) is 5.24. The summed E-state index contributed by atoms with van der Waals surface area (Å²) in [6, 6.07) is 4.39. The molecule has 0 aliphatic heterocycles. The molecular formula is C12H14BrFO2. The molecule has 0 unspecified atom stereocenters. The predicted molar refractivity (Wildman–Crippen MR) is 63.0 cm³/mol. The molecule has 2 nitrogen and oxygen atoms in total. The molecule has 1 fully saturated rings. The van der Waals surface area contributed by atoms with E-state index in [0.29, 0.717) is 10.2 Å². The zero-order chi connectivity index (χ0) is 11.6. The first kappa shape index (κ1) is 11.9. The molecule has 0 saturated heterocycles. The highest BCUT2D eigenvalue weighted by Gasteiger charge is 2.31. The van der Waals surface area contributed by atoms with Gasteiger partial charge in [0.05, 0.1) is 5.60 Å². The van der Waals surface area contributed by atoms with Crippen LogP contribution in [0.1, 0.15) is 25.7 Å². The molecule has 0 heterocycles. The van der Waals surface area contributed by atoms with E-state index in [-0.39, 0.29) is 12.4 Å². The van der Waals surface area contributed by atoms with Crippen molar-refractivity contribution in [3.8, 4) is 5.75 Å². The van der Waals surface area contributed by atoms with Gasteiger partial charge in [-0.3, -0.25) is 0 Å². The van der Waals surface area contributed by atoms with Crippen molar-refractivity contribution >= 4 is 15.9 Å². The number of hydrogen-bond donors (Lipinski definition) is 1. The van der Waals surface area contributed by atoms with E-state index in [4.69, 9.17) is 4.74 Å². The molecule has 0 atom stereocenters. The van der Waals surface area contributed by atoms with E-state index in [2.05, 4.69) is 15.9 Å². The van der Waals surface area contributed by atoms with E-state index in [0.717, 1.165) is 25.7 Å². The summed E-state index contributed by atoms with van der Waals surface area (Å²) < 4.78 is 19.1. The molecular weight excluding hydrogens is 275 g/mol. The van der Waals surface area contributed by atoms with E-state index < -0.39 is 5.60 Å². The fraction of sp³-hybridized carbons (Fsp3) is 0.500. The molecule has 1 aliphatic rings. The standard InChI is InChI=1S/C12H14BrFO2/c13-9-5-10(14)7-11(6-9)16-8-12(15)3-1-2-4-12/h5-7,15H,1-4,8H2. The summed E-state index contributed by atoms with van der Waals surface area (Å²) >= 11 is 3.20. The highest BCUT2D eigenvalue weighted by molar-refractivity contribution is 9.10. The van der Waals surface area contributed by atoms with Crippen LogP contribution in [-0.4, -0.2) is 17.3 Å². The molecule has 1 N–H and O–H groups in total. The molecule has 0 radical (unpaired) electrons. The Kier molecular flexibility index (Phi) is 3.50. The van der Waals surface area contributed by atoms with Crippen molar-refractivity contribution in [1.82, 2.24) is 0 Å². The fourth-order valence-electron chi connectivity index (χ4n) is 2.01. The Hall–Kier alpha value is -0.610. The monoisotopic (exact) mass is 288 g/mol. The SMILES string of the molecule is OC1(COc2cc(F)cc(Br)c2)CCCC1. The van der Waals surface area contributed by atoms with E-state index in [1.807, 2.05) is 0 Å². The Morgan fingerprint density at radius 3 is 2.62 bits per heavy atom. The van der Waals surface area contributed by atoms with Gasteiger partial charge in [-0.15, -0.1) is 0 Å². The van der Waals surface area contributed by atoms with Crippen molar-refractivity contribution in [3.05, 3.63) is 28.5 Å². The van der Waals surface area contributed by atoms with Gasteiger partial charge in [-0.05, 0) is 25.0 Å². The molecule has 4 heteroatoms. The van der Waals surface area contributed by atoms with Gasteiger partial charge < -0.3 is 9.84 Å². The highest BCUT2D eigenvalue weighted by atomic mass is 79.9. The lowest BCUT2D eigenvalue weighted by Crippen LogP contribution is -2.32. The molecule has 16 heavy (non-hydrogen) atoms. The van der Waals surface area contributed by atoms with E-state index in [1.165, 1.54) is 12.1 Å². The lowest BCUT2D eigenvalue weighted by molar-refractivity contribution is 0.00130. The Morgan fingerprint density at radius 1 is 1.31 bits per heavy atom. The van der Waals surface area contributed by atoms with Crippen LogP contribution in [0.25, 0.3) is 0 Å². The van der Waals surface area contributed by atoms with Gasteiger partial charge in [0.1, 0.15) is 18.2 Å². The van der Waals surface area contributed by atoms with Crippen LogP contribution in [0.2, 0.25) is 0 Å². The Balaban J connectivity index is 1.98. The Bertz CT molecular complexity index is 355. The van der Waals surface area contributed by atoms with Crippen LogP contribution in [-0.2, 0) is 0 Å². The van der Waals surface area contributed by atoms with Gasteiger partial charge in [0.25, 0.3) is 0 Å². The van der Waals surface area contributed by atoms with Gasteiger partial charge in [-0.25, -0.2) is 4.39 Å². The summed E-state index contributed by atoms with van der Waals surface area (Å²) in [7, 11) is 0. The third kappa shape index (κ3) is 2.95. The topological polar surface area (TPSA) is 29.5 Å². The van der Waals surface area contributed by atoms with Crippen LogP contribution in [0, 0.1) is 5.82 Å². The molecule has 1 aliphatic carbocycles. The van der Waals surface area contributed by atoms with Crippen molar-refractivity contribution < 1.29 is 14.2 Å². The first-order valence-corrected chi connectivity index (χ1v) is 6.18. The van der Waals surface area contributed by atoms with Crippen LogP contribution in [0.15, 0.2) is 22.7 Å². The molecule has 1 aromatic rings. The predicted octanol–water partition coefficient (Wildman–Crippen LogP) is 3.27. The number of rotatable bonds is 3. The average Bonchev–Trinajstić information content (AvgIpc) is 2.62.